The third-order valence-electron chi connectivity index (χ3n) is 2.77. The smallest absolute Gasteiger partial charge is 0.159 e. The Hall–Kier alpha value is -2.29. The van der Waals surface area contributed by atoms with Gasteiger partial charge in [0.1, 0.15) is 5.75 Å². The number of rotatable bonds is 4. The average molecular weight is 241 g/mol. The SMILES string of the molecule is CC(=O)c1ccc(NCc2ccccc2O)cc1. The molecule has 2 rings (SSSR count). The molecule has 0 fully saturated rings. The summed E-state index contributed by atoms with van der Waals surface area (Å²) in [6.07, 6.45) is 0. The van der Waals surface area contributed by atoms with Gasteiger partial charge >= 0.3 is 0 Å². The molecule has 2 N–H and O–H groups in total. The standard InChI is InChI=1S/C15H15NO2/c1-11(17)12-6-8-14(9-7-12)16-10-13-4-2-3-5-15(13)18/h2-9,16,18H,10H2,1H3. The van der Waals surface area contributed by atoms with Gasteiger partial charge in [0.2, 0.25) is 0 Å². The number of phenolic OH excluding ortho intramolecular Hbond substituents is 1. The van der Waals surface area contributed by atoms with Crippen LogP contribution in [0.2, 0.25) is 0 Å². The third-order valence-corrected chi connectivity index (χ3v) is 2.77. The molecule has 0 atom stereocenters. The Morgan fingerprint density at radius 3 is 2.39 bits per heavy atom. The Balaban J connectivity index is 2.02. The Bertz CT molecular complexity index is 547. The molecule has 3 nitrogen and oxygen atoms in total. The van der Waals surface area contributed by atoms with Gasteiger partial charge in [-0.05, 0) is 37.3 Å². The minimum atomic E-state index is 0.0576. The average Bonchev–Trinajstić information content (AvgIpc) is 2.38. The molecule has 2 aromatic rings. The Labute approximate surface area is 106 Å². The summed E-state index contributed by atoms with van der Waals surface area (Å²) < 4.78 is 0. The number of ketones is 1. The summed E-state index contributed by atoms with van der Waals surface area (Å²) in [6, 6.07) is 14.5. The fourth-order valence-corrected chi connectivity index (χ4v) is 1.68. The minimum absolute atomic E-state index is 0.0576. The maximum atomic E-state index is 11.1. The molecule has 0 saturated heterocycles. The van der Waals surface area contributed by atoms with Gasteiger partial charge in [-0.15, -0.1) is 0 Å². The van der Waals surface area contributed by atoms with Crippen molar-refractivity contribution in [3.8, 4) is 5.75 Å². The lowest BCUT2D eigenvalue weighted by Gasteiger charge is -2.08. The van der Waals surface area contributed by atoms with Gasteiger partial charge in [0, 0.05) is 23.4 Å². The number of phenols is 1. The molecule has 0 aromatic heterocycles. The maximum absolute atomic E-state index is 11.1. The number of hydrogen-bond donors (Lipinski definition) is 2. The molecule has 0 radical (unpaired) electrons. The summed E-state index contributed by atoms with van der Waals surface area (Å²) in [5, 5.41) is 12.8. The van der Waals surface area contributed by atoms with Crippen molar-refractivity contribution in [2.75, 3.05) is 5.32 Å². The van der Waals surface area contributed by atoms with Gasteiger partial charge in [-0.25, -0.2) is 0 Å². The van der Waals surface area contributed by atoms with Gasteiger partial charge in [0.15, 0.2) is 5.78 Å². The summed E-state index contributed by atoms with van der Waals surface area (Å²) >= 11 is 0. The first-order valence-corrected chi connectivity index (χ1v) is 5.78. The van der Waals surface area contributed by atoms with Gasteiger partial charge in [0.05, 0.1) is 0 Å². The fourth-order valence-electron chi connectivity index (χ4n) is 1.68. The molecule has 0 aliphatic heterocycles. The highest BCUT2D eigenvalue weighted by molar-refractivity contribution is 5.94. The molecule has 3 heteroatoms. The highest BCUT2D eigenvalue weighted by Gasteiger charge is 2.01. The van der Waals surface area contributed by atoms with Crippen LogP contribution >= 0.6 is 0 Å². The van der Waals surface area contributed by atoms with Crippen molar-refractivity contribution in [3.63, 3.8) is 0 Å². The van der Waals surface area contributed by atoms with Crippen LogP contribution in [0.4, 0.5) is 5.69 Å². The number of carbonyl (C=O) groups excluding carboxylic acids is 1. The van der Waals surface area contributed by atoms with Crippen molar-refractivity contribution in [2.45, 2.75) is 13.5 Å². The minimum Gasteiger partial charge on any atom is -0.508 e. The summed E-state index contributed by atoms with van der Waals surface area (Å²) in [6.45, 7) is 2.09. The maximum Gasteiger partial charge on any atom is 0.159 e. The molecule has 2 aromatic carbocycles. The second-order valence-corrected chi connectivity index (χ2v) is 4.12. The van der Waals surface area contributed by atoms with Crippen LogP contribution in [0.25, 0.3) is 0 Å². The van der Waals surface area contributed by atoms with Crippen molar-refractivity contribution in [2.24, 2.45) is 0 Å². The molecular formula is C15H15NO2. The van der Waals surface area contributed by atoms with Crippen LogP contribution in [0.15, 0.2) is 48.5 Å². The molecule has 0 spiro atoms. The van der Waals surface area contributed by atoms with E-state index in [2.05, 4.69) is 5.32 Å². The highest BCUT2D eigenvalue weighted by Crippen LogP contribution is 2.18. The van der Waals surface area contributed by atoms with E-state index in [9.17, 15) is 9.90 Å². The van der Waals surface area contributed by atoms with E-state index in [1.807, 2.05) is 24.3 Å². The molecule has 0 heterocycles. The van der Waals surface area contributed by atoms with Crippen molar-refractivity contribution >= 4 is 11.5 Å². The van der Waals surface area contributed by atoms with Crippen molar-refractivity contribution in [1.82, 2.24) is 0 Å². The summed E-state index contributed by atoms with van der Waals surface area (Å²) in [7, 11) is 0. The van der Waals surface area contributed by atoms with E-state index >= 15 is 0 Å². The Kier molecular flexibility index (Phi) is 3.63. The molecule has 0 amide bonds. The Morgan fingerprint density at radius 1 is 1.11 bits per heavy atom. The van der Waals surface area contributed by atoms with E-state index in [0.29, 0.717) is 12.1 Å². The zero-order valence-corrected chi connectivity index (χ0v) is 10.2. The summed E-state index contributed by atoms with van der Waals surface area (Å²) in [5.41, 5.74) is 2.46. The van der Waals surface area contributed by atoms with Crippen LogP contribution in [-0.2, 0) is 6.54 Å². The van der Waals surface area contributed by atoms with E-state index in [1.165, 1.54) is 0 Å². The van der Waals surface area contributed by atoms with Gasteiger partial charge in [-0.2, -0.15) is 0 Å². The number of para-hydroxylation sites is 1. The van der Waals surface area contributed by atoms with E-state index in [4.69, 9.17) is 0 Å². The van der Waals surface area contributed by atoms with Crippen molar-refractivity contribution in [1.29, 1.82) is 0 Å². The number of carbonyl (C=O) groups is 1. The zero-order valence-electron chi connectivity index (χ0n) is 10.2. The number of aromatic hydroxyl groups is 1. The van der Waals surface area contributed by atoms with Crippen LogP contribution in [0, 0.1) is 0 Å². The lowest BCUT2D eigenvalue weighted by Crippen LogP contribution is -2.00. The molecule has 0 bridgehead atoms. The topological polar surface area (TPSA) is 49.3 Å². The van der Waals surface area contributed by atoms with Crippen LogP contribution in [-0.4, -0.2) is 10.9 Å². The quantitative estimate of drug-likeness (QED) is 0.808. The van der Waals surface area contributed by atoms with Crippen LogP contribution in [0.5, 0.6) is 5.75 Å². The van der Waals surface area contributed by atoms with E-state index < -0.39 is 0 Å². The van der Waals surface area contributed by atoms with Crippen LogP contribution in [0.3, 0.4) is 0 Å². The second-order valence-electron chi connectivity index (χ2n) is 4.12. The first-order chi connectivity index (χ1) is 8.66. The van der Waals surface area contributed by atoms with Gasteiger partial charge in [-0.3, -0.25) is 4.79 Å². The molecular weight excluding hydrogens is 226 g/mol. The lowest BCUT2D eigenvalue weighted by molar-refractivity contribution is 0.101. The third kappa shape index (κ3) is 2.88. The number of Topliss-reactive ketones (excluding diaryl/α,β-unsaturated/α-hetero) is 1. The fraction of sp³-hybridized carbons (Fsp3) is 0.133. The first-order valence-electron chi connectivity index (χ1n) is 5.78. The van der Waals surface area contributed by atoms with Crippen molar-refractivity contribution in [3.05, 3.63) is 59.7 Å². The predicted octanol–water partition coefficient (Wildman–Crippen LogP) is 3.21. The highest BCUT2D eigenvalue weighted by atomic mass is 16.3. The normalized spacial score (nSPS) is 10.1. The summed E-state index contributed by atoms with van der Waals surface area (Å²) in [5.74, 6) is 0.340. The number of anilines is 1. The first kappa shape index (κ1) is 12.2. The van der Waals surface area contributed by atoms with Gasteiger partial charge in [0.25, 0.3) is 0 Å². The van der Waals surface area contributed by atoms with Crippen molar-refractivity contribution < 1.29 is 9.90 Å². The number of benzene rings is 2. The largest absolute Gasteiger partial charge is 0.508 e. The molecule has 0 aliphatic carbocycles. The van der Waals surface area contributed by atoms with Gasteiger partial charge in [-0.1, -0.05) is 18.2 Å². The number of hydrogen-bond acceptors (Lipinski definition) is 3. The Morgan fingerprint density at radius 2 is 1.78 bits per heavy atom. The molecule has 0 saturated carbocycles. The molecule has 0 aliphatic rings. The van der Waals surface area contributed by atoms with Crippen LogP contribution < -0.4 is 5.32 Å². The van der Waals surface area contributed by atoms with E-state index in [1.54, 1.807) is 31.2 Å². The second kappa shape index (κ2) is 5.36. The van der Waals surface area contributed by atoms with E-state index in [-0.39, 0.29) is 11.5 Å². The van der Waals surface area contributed by atoms with E-state index in [0.717, 1.165) is 11.3 Å². The molecule has 92 valence electrons. The zero-order chi connectivity index (χ0) is 13.0. The van der Waals surface area contributed by atoms with Gasteiger partial charge < -0.3 is 10.4 Å². The summed E-state index contributed by atoms with van der Waals surface area (Å²) in [4.78, 5) is 11.1. The number of nitrogens with one attached hydrogen (secondary N) is 1. The predicted molar refractivity (Wildman–Crippen MR) is 71.9 cm³/mol. The molecule has 18 heavy (non-hydrogen) atoms. The van der Waals surface area contributed by atoms with Crippen LogP contribution in [0.1, 0.15) is 22.8 Å². The lowest BCUT2D eigenvalue weighted by atomic mass is 10.1. The monoisotopic (exact) mass is 241 g/mol. The molecule has 0 unspecified atom stereocenters.